The van der Waals surface area contributed by atoms with Gasteiger partial charge in [0.15, 0.2) is 0 Å². The predicted octanol–water partition coefficient (Wildman–Crippen LogP) is 1.88. The first kappa shape index (κ1) is 18.2. The molecular weight excluding hydrogens is 328 g/mol. The van der Waals surface area contributed by atoms with Crippen molar-refractivity contribution in [2.24, 2.45) is 0 Å². The van der Waals surface area contributed by atoms with Gasteiger partial charge in [0.25, 0.3) is 5.91 Å². The summed E-state index contributed by atoms with van der Waals surface area (Å²) in [6.45, 7) is 2.19. The Hall–Kier alpha value is -2.57. The van der Waals surface area contributed by atoms with Crippen LogP contribution in [0.1, 0.15) is 27.4 Å². The normalized spacial score (nSPS) is 14.3. The number of amides is 1. The van der Waals surface area contributed by atoms with Crippen LogP contribution >= 0.6 is 0 Å². The third-order valence-electron chi connectivity index (χ3n) is 4.64. The van der Waals surface area contributed by atoms with Gasteiger partial charge in [0.2, 0.25) is 0 Å². The third-order valence-corrected chi connectivity index (χ3v) is 4.64. The zero-order chi connectivity index (χ0) is 18.5. The summed E-state index contributed by atoms with van der Waals surface area (Å²) in [5, 5.41) is 2.98. The largest absolute Gasteiger partial charge is 0.496 e. The van der Waals surface area contributed by atoms with Crippen molar-refractivity contribution in [3.63, 3.8) is 0 Å². The number of hydrazine groups is 1. The maximum Gasteiger partial charge on any atom is 0.251 e. The van der Waals surface area contributed by atoms with Gasteiger partial charge in [-0.25, -0.2) is 0 Å². The summed E-state index contributed by atoms with van der Waals surface area (Å²) in [6, 6.07) is 13.8. The van der Waals surface area contributed by atoms with Crippen molar-refractivity contribution in [3.8, 4) is 5.75 Å². The van der Waals surface area contributed by atoms with Gasteiger partial charge in [0, 0.05) is 50.9 Å². The van der Waals surface area contributed by atoms with Crippen molar-refractivity contribution < 1.29 is 9.53 Å². The van der Waals surface area contributed by atoms with Gasteiger partial charge in [-0.2, -0.15) is 0 Å². The number of rotatable bonds is 6. The Kier molecular flexibility index (Phi) is 5.75. The Morgan fingerprint density at radius 2 is 1.96 bits per heavy atom. The van der Waals surface area contributed by atoms with E-state index in [2.05, 4.69) is 22.2 Å². The average Bonchev–Trinajstić information content (AvgIpc) is 3.20. The number of methoxy groups -OCH3 is 1. The number of hydrogen-bond donors (Lipinski definition) is 3. The second kappa shape index (κ2) is 8.21. The quantitative estimate of drug-likeness (QED) is 0.739. The average molecular weight is 354 g/mol. The van der Waals surface area contributed by atoms with Gasteiger partial charge in [0.05, 0.1) is 7.11 Å². The first-order valence-electron chi connectivity index (χ1n) is 8.76. The van der Waals surface area contributed by atoms with Crippen LogP contribution in [0.4, 0.5) is 5.69 Å². The van der Waals surface area contributed by atoms with Crippen LogP contribution < -0.4 is 25.8 Å². The highest BCUT2D eigenvalue weighted by atomic mass is 16.5. The predicted molar refractivity (Wildman–Crippen MR) is 104 cm³/mol. The fraction of sp³-hybridized carbons (Fsp3) is 0.350. The molecule has 6 nitrogen and oxygen atoms in total. The standard InChI is InChI=1S/C20H26N4O2/c1-24(2)17-6-4-5-14(9-17)11-21-20(25)15-7-8-18(19(10-15)26-3)16-12-22-23-13-16/h4-10,16,22-23H,11-13H2,1-3H3,(H,21,25). The molecule has 1 aliphatic rings. The molecular formula is C20H26N4O2. The van der Waals surface area contributed by atoms with Crippen molar-refractivity contribution in [1.82, 2.24) is 16.2 Å². The molecule has 1 heterocycles. The zero-order valence-corrected chi connectivity index (χ0v) is 15.5. The van der Waals surface area contributed by atoms with Crippen LogP contribution in [-0.2, 0) is 6.54 Å². The molecule has 1 saturated heterocycles. The van der Waals surface area contributed by atoms with Gasteiger partial charge in [-0.1, -0.05) is 18.2 Å². The molecule has 138 valence electrons. The molecule has 1 aliphatic heterocycles. The SMILES string of the molecule is COc1cc(C(=O)NCc2cccc(N(C)C)c2)ccc1C1CNNC1. The Labute approximate surface area is 154 Å². The van der Waals surface area contributed by atoms with Crippen molar-refractivity contribution in [3.05, 3.63) is 59.2 Å². The van der Waals surface area contributed by atoms with Gasteiger partial charge in [-0.15, -0.1) is 0 Å². The number of carbonyl (C=O) groups excluding carboxylic acids is 1. The van der Waals surface area contributed by atoms with Gasteiger partial charge in [-0.3, -0.25) is 15.6 Å². The molecule has 26 heavy (non-hydrogen) atoms. The lowest BCUT2D eigenvalue weighted by atomic mass is 9.97. The number of ether oxygens (including phenoxy) is 1. The van der Waals surface area contributed by atoms with Crippen LogP contribution in [0.2, 0.25) is 0 Å². The van der Waals surface area contributed by atoms with Gasteiger partial charge in [-0.05, 0) is 35.4 Å². The second-order valence-electron chi connectivity index (χ2n) is 6.66. The van der Waals surface area contributed by atoms with Crippen molar-refractivity contribution in [2.45, 2.75) is 12.5 Å². The molecule has 0 spiro atoms. The monoisotopic (exact) mass is 354 g/mol. The van der Waals surface area contributed by atoms with Crippen LogP contribution in [0.15, 0.2) is 42.5 Å². The Morgan fingerprint density at radius 1 is 1.19 bits per heavy atom. The number of anilines is 1. The van der Waals surface area contributed by atoms with Crippen molar-refractivity contribution in [2.75, 3.05) is 39.2 Å². The molecule has 0 radical (unpaired) electrons. The van der Waals surface area contributed by atoms with E-state index < -0.39 is 0 Å². The van der Waals surface area contributed by atoms with Crippen LogP contribution in [0, 0.1) is 0 Å². The molecule has 3 N–H and O–H groups in total. The molecule has 0 atom stereocenters. The molecule has 0 bridgehead atoms. The molecule has 2 aromatic rings. The Morgan fingerprint density at radius 3 is 2.65 bits per heavy atom. The number of nitrogens with one attached hydrogen (secondary N) is 3. The minimum absolute atomic E-state index is 0.104. The first-order chi connectivity index (χ1) is 12.6. The van der Waals surface area contributed by atoms with Gasteiger partial charge >= 0.3 is 0 Å². The number of hydrogen-bond acceptors (Lipinski definition) is 5. The van der Waals surface area contributed by atoms with Crippen molar-refractivity contribution >= 4 is 11.6 Å². The topological polar surface area (TPSA) is 65.6 Å². The molecule has 0 saturated carbocycles. The zero-order valence-electron chi connectivity index (χ0n) is 15.5. The summed E-state index contributed by atoms with van der Waals surface area (Å²) in [5.41, 5.74) is 10.1. The molecule has 6 heteroatoms. The van der Waals surface area contributed by atoms with Crippen LogP contribution in [-0.4, -0.2) is 40.2 Å². The molecule has 0 unspecified atom stereocenters. The summed E-state index contributed by atoms with van der Waals surface area (Å²) >= 11 is 0. The van der Waals surface area contributed by atoms with E-state index in [1.54, 1.807) is 7.11 Å². The lowest BCUT2D eigenvalue weighted by Crippen LogP contribution is -2.23. The highest BCUT2D eigenvalue weighted by Crippen LogP contribution is 2.28. The van der Waals surface area contributed by atoms with E-state index in [1.807, 2.05) is 55.4 Å². The summed E-state index contributed by atoms with van der Waals surface area (Å²) < 4.78 is 5.51. The highest BCUT2D eigenvalue weighted by Gasteiger charge is 2.21. The van der Waals surface area contributed by atoms with Crippen LogP contribution in [0.25, 0.3) is 0 Å². The van der Waals surface area contributed by atoms with Crippen LogP contribution in [0.3, 0.4) is 0 Å². The minimum atomic E-state index is -0.104. The smallest absolute Gasteiger partial charge is 0.251 e. The molecule has 0 aliphatic carbocycles. The van der Waals surface area contributed by atoms with E-state index in [0.29, 0.717) is 18.0 Å². The molecule has 0 aromatic heterocycles. The molecule has 3 rings (SSSR count). The van der Waals surface area contributed by atoms with E-state index in [0.717, 1.165) is 35.7 Å². The molecule has 1 fully saturated rings. The first-order valence-corrected chi connectivity index (χ1v) is 8.76. The maximum atomic E-state index is 12.5. The van der Waals surface area contributed by atoms with Crippen LogP contribution in [0.5, 0.6) is 5.75 Å². The third kappa shape index (κ3) is 4.15. The molecule has 1 amide bonds. The van der Waals surface area contributed by atoms with Gasteiger partial charge < -0.3 is 15.0 Å². The van der Waals surface area contributed by atoms with Gasteiger partial charge in [0.1, 0.15) is 5.75 Å². The number of nitrogens with zero attached hydrogens (tertiary/aromatic N) is 1. The Balaban J connectivity index is 1.68. The summed E-state index contributed by atoms with van der Waals surface area (Å²) in [6.07, 6.45) is 0. The minimum Gasteiger partial charge on any atom is -0.496 e. The highest BCUT2D eigenvalue weighted by molar-refractivity contribution is 5.94. The summed E-state index contributed by atoms with van der Waals surface area (Å²) in [5.74, 6) is 0.992. The lowest BCUT2D eigenvalue weighted by molar-refractivity contribution is 0.0950. The van der Waals surface area contributed by atoms with E-state index in [4.69, 9.17) is 4.74 Å². The number of carbonyl (C=O) groups is 1. The fourth-order valence-electron chi connectivity index (χ4n) is 3.10. The lowest BCUT2D eigenvalue weighted by Gasteiger charge is -2.15. The summed E-state index contributed by atoms with van der Waals surface area (Å²) in [7, 11) is 5.64. The van der Waals surface area contributed by atoms with E-state index in [9.17, 15) is 4.79 Å². The molecule has 2 aromatic carbocycles. The summed E-state index contributed by atoms with van der Waals surface area (Å²) in [4.78, 5) is 14.6. The maximum absolute atomic E-state index is 12.5. The Bertz CT molecular complexity index is 770. The van der Waals surface area contributed by atoms with E-state index in [1.165, 1.54) is 0 Å². The van der Waals surface area contributed by atoms with Crippen molar-refractivity contribution in [1.29, 1.82) is 0 Å². The number of benzene rings is 2. The van der Waals surface area contributed by atoms with E-state index in [-0.39, 0.29) is 5.91 Å². The second-order valence-corrected chi connectivity index (χ2v) is 6.66. The van der Waals surface area contributed by atoms with E-state index >= 15 is 0 Å². The fourth-order valence-corrected chi connectivity index (χ4v) is 3.10.